The van der Waals surface area contributed by atoms with E-state index in [-0.39, 0.29) is 17.5 Å². The summed E-state index contributed by atoms with van der Waals surface area (Å²) in [4.78, 5) is 43.9. The fourth-order valence-corrected chi connectivity index (χ4v) is 4.98. The number of imidazole rings is 1. The van der Waals surface area contributed by atoms with Gasteiger partial charge >= 0.3 is 0 Å². The highest BCUT2D eigenvalue weighted by atomic mass is 32.1. The van der Waals surface area contributed by atoms with Gasteiger partial charge in [0, 0.05) is 38.1 Å². The third kappa shape index (κ3) is 4.80. The third-order valence-corrected chi connectivity index (χ3v) is 6.82. The van der Waals surface area contributed by atoms with Crippen molar-refractivity contribution in [3.63, 3.8) is 0 Å². The van der Waals surface area contributed by atoms with Crippen LogP contribution < -0.4 is 10.6 Å². The van der Waals surface area contributed by atoms with Gasteiger partial charge in [-0.1, -0.05) is 17.9 Å². The fourth-order valence-electron chi connectivity index (χ4n) is 4.16. The molecule has 0 unspecified atom stereocenters. The minimum Gasteiger partial charge on any atom is -0.353 e. The second-order valence-corrected chi connectivity index (χ2v) is 9.20. The van der Waals surface area contributed by atoms with E-state index in [1.165, 1.54) is 29.7 Å². The molecule has 184 valence electrons. The zero-order valence-corrected chi connectivity index (χ0v) is 20.0. The molecule has 5 heterocycles. The SMILES string of the molecule is C=CC(=O)N1CCC[C@H]1C(=O)NCCn1cnc2cnc(Nc3ncc(-c4ncccc4F)s3)cc21. The zero-order valence-electron chi connectivity index (χ0n) is 19.2. The van der Waals surface area contributed by atoms with Gasteiger partial charge in [-0.05, 0) is 31.1 Å². The van der Waals surface area contributed by atoms with Crippen LogP contribution in [0.2, 0.25) is 0 Å². The number of carbonyl (C=O) groups excluding carboxylic acids is 2. The first-order chi connectivity index (χ1) is 17.5. The Bertz CT molecular complexity index is 1430. The summed E-state index contributed by atoms with van der Waals surface area (Å²) >= 11 is 1.27. The number of pyridine rings is 2. The number of hydrogen-bond acceptors (Lipinski definition) is 8. The molecule has 5 rings (SSSR count). The van der Waals surface area contributed by atoms with E-state index in [9.17, 15) is 14.0 Å². The second-order valence-electron chi connectivity index (χ2n) is 8.17. The van der Waals surface area contributed by atoms with E-state index in [0.29, 0.717) is 47.4 Å². The van der Waals surface area contributed by atoms with Crippen molar-refractivity contribution in [2.24, 2.45) is 0 Å². The lowest BCUT2D eigenvalue weighted by atomic mass is 10.2. The fraction of sp³-hybridized carbons (Fsp3) is 0.250. The van der Waals surface area contributed by atoms with Crippen LogP contribution in [0.25, 0.3) is 21.6 Å². The smallest absolute Gasteiger partial charge is 0.246 e. The lowest BCUT2D eigenvalue weighted by Crippen LogP contribution is -2.46. The molecule has 1 fully saturated rings. The van der Waals surface area contributed by atoms with Crippen LogP contribution in [0.15, 0.2) is 55.8 Å². The Balaban J connectivity index is 1.24. The van der Waals surface area contributed by atoms with E-state index < -0.39 is 11.9 Å². The summed E-state index contributed by atoms with van der Waals surface area (Å²) in [5, 5.41) is 6.62. The summed E-state index contributed by atoms with van der Waals surface area (Å²) < 4.78 is 15.9. The molecule has 12 heteroatoms. The van der Waals surface area contributed by atoms with Crippen LogP contribution in [0, 0.1) is 5.82 Å². The third-order valence-electron chi connectivity index (χ3n) is 5.91. The van der Waals surface area contributed by atoms with Crippen LogP contribution in [-0.4, -0.2) is 60.3 Å². The Morgan fingerprint density at radius 3 is 2.97 bits per heavy atom. The predicted molar refractivity (Wildman–Crippen MR) is 134 cm³/mol. The maximum absolute atomic E-state index is 14.0. The second kappa shape index (κ2) is 10.2. The summed E-state index contributed by atoms with van der Waals surface area (Å²) in [6.07, 6.45) is 9.13. The van der Waals surface area contributed by atoms with Gasteiger partial charge in [-0.3, -0.25) is 14.6 Å². The lowest BCUT2D eigenvalue weighted by molar-refractivity contribution is -0.135. The standard InChI is InChI=1S/C24H23FN8O2S/c1-2-21(34)33-9-4-6-17(33)23(35)27-8-10-32-14-30-16-12-28-20(11-18(16)32)31-24-29-13-19(36-24)22-15(25)5-3-7-26-22/h2-3,5,7,11-14,17H,1,4,6,8-10H2,(H,27,35)(H,28,29,31)/t17-/m0/s1. The molecule has 1 aliphatic heterocycles. The molecule has 36 heavy (non-hydrogen) atoms. The van der Waals surface area contributed by atoms with Gasteiger partial charge in [0.05, 0.1) is 22.9 Å². The Labute approximate surface area is 209 Å². The number of anilines is 2. The summed E-state index contributed by atoms with van der Waals surface area (Å²) in [6.45, 7) is 4.95. The molecule has 0 aromatic carbocycles. The van der Waals surface area contributed by atoms with Crippen molar-refractivity contribution in [3.8, 4) is 10.6 Å². The summed E-state index contributed by atoms with van der Waals surface area (Å²) in [6, 6.07) is 4.28. The molecule has 1 saturated heterocycles. The minimum absolute atomic E-state index is 0.167. The molecule has 1 aliphatic rings. The van der Waals surface area contributed by atoms with Crippen LogP contribution >= 0.6 is 11.3 Å². The van der Waals surface area contributed by atoms with E-state index in [4.69, 9.17) is 0 Å². The number of halogens is 1. The monoisotopic (exact) mass is 506 g/mol. The molecule has 4 aromatic rings. The number of nitrogens with zero attached hydrogens (tertiary/aromatic N) is 6. The van der Waals surface area contributed by atoms with Gasteiger partial charge in [-0.2, -0.15) is 0 Å². The Morgan fingerprint density at radius 2 is 2.14 bits per heavy atom. The first kappa shape index (κ1) is 23.5. The Morgan fingerprint density at radius 1 is 1.25 bits per heavy atom. The van der Waals surface area contributed by atoms with Crippen molar-refractivity contribution >= 4 is 45.1 Å². The van der Waals surface area contributed by atoms with Crippen LogP contribution in [0.3, 0.4) is 0 Å². The number of rotatable bonds is 8. The van der Waals surface area contributed by atoms with Crippen molar-refractivity contribution < 1.29 is 14.0 Å². The number of thiazole rings is 1. The molecule has 0 aliphatic carbocycles. The van der Waals surface area contributed by atoms with E-state index >= 15 is 0 Å². The normalized spacial score (nSPS) is 15.2. The summed E-state index contributed by atoms with van der Waals surface area (Å²) in [7, 11) is 0. The van der Waals surface area contributed by atoms with Gasteiger partial charge in [0.1, 0.15) is 28.9 Å². The van der Waals surface area contributed by atoms with Crippen molar-refractivity contribution in [2.75, 3.05) is 18.4 Å². The zero-order chi connectivity index (χ0) is 25.1. The number of hydrogen-bond donors (Lipinski definition) is 2. The molecule has 2 amide bonds. The molecule has 1 atom stereocenters. The quantitative estimate of drug-likeness (QED) is 0.353. The van der Waals surface area contributed by atoms with Crippen molar-refractivity contribution in [1.29, 1.82) is 0 Å². The predicted octanol–water partition coefficient (Wildman–Crippen LogP) is 3.13. The number of carbonyl (C=O) groups is 2. The topological polar surface area (TPSA) is 118 Å². The highest BCUT2D eigenvalue weighted by Crippen LogP contribution is 2.31. The first-order valence-electron chi connectivity index (χ1n) is 11.4. The summed E-state index contributed by atoms with van der Waals surface area (Å²) in [5.74, 6) is -0.241. The maximum atomic E-state index is 14.0. The van der Waals surface area contributed by atoms with Gasteiger partial charge in [0.15, 0.2) is 5.13 Å². The first-order valence-corrected chi connectivity index (χ1v) is 12.2. The van der Waals surface area contributed by atoms with Gasteiger partial charge in [0.25, 0.3) is 0 Å². The van der Waals surface area contributed by atoms with Crippen molar-refractivity contribution in [2.45, 2.75) is 25.4 Å². The number of nitrogens with one attached hydrogen (secondary N) is 2. The molecular weight excluding hydrogens is 483 g/mol. The molecule has 4 aromatic heterocycles. The number of amides is 2. The van der Waals surface area contributed by atoms with Crippen LogP contribution in [0.1, 0.15) is 12.8 Å². The highest BCUT2D eigenvalue weighted by molar-refractivity contribution is 7.18. The van der Waals surface area contributed by atoms with E-state index in [2.05, 4.69) is 37.1 Å². The largest absolute Gasteiger partial charge is 0.353 e. The molecule has 0 radical (unpaired) electrons. The summed E-state index contributed by atoms with van der Waals surface area (Å²) in [5.41, 5.74) is 1.79. The van der Waals surface area contributed by atoms with Gasteiger partial charge in [-0.15, -0.1) is 0 Å². The van der Waals surface area contributed by atoms with E-state index in [0.717, 1.165) is 11.9 Å². The maximum Gasteiger partial charge on any atom is 0.246 e. The van der Waals surface area contributed by atoms with Crippen LogP contribution in [0.4, 0.5) is 15.3 Å². The molecule has 2 N–H and O–H groups in total. The molecule has 0 bridgehead atoms. The van der Waals surface area contributed by atoms with Gasteiger partial charge < -0.3 is 20.1 Å². The van der Waals surface area contributed by atoms with E-state index in [1.807, 2.05) is 10.6 Å². The number of likely N-dealkylation sites (tertiary alicyclic amines) is 1. The van der Waals surface area contributed by atoms with Crippen molar-refractivity contribution in [3.05, 3.63) is 61.6 Å². The molecule has 10 nitrogen and oxygen atoms in total. The van der Waals surface area contributed by atoms with Crippen LogP contribution in [-0.2, 0) is 16.1 Å². The number of aromatic nitrogens is 5. The molecule has 0 spiro atoms. The average molecular weight is 507 g/mol. The van der Waals surface area contributed by atoms with Crippen LogP contribution in [0.5, 0.6) is 0 Å². The minimum atomic E-state index is -0.460. The molecule has 0 saturated carbocycles. The lowest BCUT2D eigenvalue weighted by Gasteiger charge is -2.22. The van der Waals surface area contributed by atoms with Crippen molar-refractivity contribution in [1.82, 2.24) is 34.7 Å². The molecular formula is C24H23FN8O2S. The average Bonchev–Trinajstić information content (AvgIpc) is 3.64. The highest BCUT2D eigenvalue weighted by Gasteiger charge is 2.32. The van der Waals surface area contributed by atoms with Gasteiger partial charge in [-0.25, -0.2) is 19.3 Å². The number of fused-ring (bicyclic) bond motifs is 1. The van der Waals surface area contributed by atoms with E-state index in [1.54, 1.807) is 29.7 Å². The van der Waals surface area contributed by atoms with Gasteiger partial charge in [0.2, 0.25) is 11.8 Å². The Kier molecular flexibility index (Phi) is 6.67. The Hall–Kier alpha value is -4.19.